The third-order valence-corrected chi connectivity index (χ3v) is 5.45. The van der Waals surface area contributed by atoms with E-state index in [1.54, 1.807) is 0 Å². The topological polar surface area (TPSA) is 49.6 Å². The highest BCUT2D eigenvalue weighted by Crippen LogP contribution is 2.32. The summed E-state index contributed by atoms with van der Waals surface area (Å²) in [5.41, 5.74) is 5.93. The highest BCUT2D eigenvalue weighted by atomic mass is 16.1. The van der Waals surface area contributed by atoms with Crippen molar-refractivity contribution in [1.29, 1.82) is 0 Å². The second kappa shape index (κ2) is 9.19. The first-order chi connectivity index (χ1) is 11.6. The number of carbonyl (C=O) groups is 1. The summed E-state index contributed by atoms with van der Waals surface area (Å²) in [6.07, 6.45) is 7.16. The van der Waals surface area contributed by atoms with E-state index >= 15 is 0 Å². The van der Waals surface area contributed by atoms with Crippen LogP contribution in [0.2, 0.25) is 0 Å². The van der Waals surface area contributed by atoms with E-state index in [0.29, 0.717) is 5.54 Å². The number of primary amides is 1. The van der Waals surface area contributed by atoms with Crippen molar-refractivity contribution < 1.29 is 4.79 Å². The molecular weight excluding hydrogens is 298 g/mol. The molecule has 1 aromatic carbocycles. The average Bonchev–Trinajstić information content (AvgIpc) is 2.59. The molecule has 4 nitrogen and oxygen atoms in total. The zero-order valence-electron chi connectivity index (χ0n) is 15.3. The van der Waals surface area contributed by atoms with Gasteiger partial charge < -0.3 is 10.6 Å². The average molecular weight is 332 g/mol. The zero-order chi connectivity index (χ0) is 17.4. The maximum Gasteiger partial charge on any atom is 0.204 e. The van der Waals surface area contributed by atoms with Crippen LogP contribution in [0.5, 0.6) is 0 Å². The van der Waals surface area contributed by atoms with Crippen LogP contribution in [0.1, 0.15) is 51.5 Å². The van der Waals surface area contributed by atoms with Crippen molar-refractivity contribution >= 4 is 6.41 Å². The van der Waals surface area contributed by atoms with Gasteiger partial charge in [-0.1, -0.05) is 36.8 Å². The normalized spacial score (nSPS) is 24.7. The van der Waals surface area contributed by atoms with Gasteiger partial charge >= 0.3 is 0 Å². The number of hydrogen-bond acceptors (Lipinski definition) is 3. The van der Waals surface area contributed by atoms with Gasteiger partial charge in [-0.25, -0.2) is 0 Å². The van der Waals surface area contributed by atoms with E-state index < -0.39 is 0 Å². The highest BCUT2D eigenvalue weighted by Gasteiger charge is 2.37. The zero-order valence-corrected chi connectivity index (χ0v) is 15.3. The van der Waals surface area contributed by atoms with Gasteiger partial charge in [-0.05, 0) is 58.2 Å². The van der Waals surface area contributed by atoms with E-state index in [4.69, 9.17) is 4.79 Å². The lowest BCUT2D eigenvalue weighted by molar-refractivity contribution is -0.106. The molecule has 1 aromatic rings. The smallest absolute Gasteiger partial charge is 0.204 e. The summed E-state index contributed by atoms with van der Waals surface area (Å²) in [7, 11) is 0. The van der Waals surface area contributed by atoms with Crippen molar-refractivity contribution in [2.75, 3.05) is 19.6 Å². The summed E-state index contributed by atoms with van der Waals surface area (Å²) in [5.74, 6) is 0. The lowest BCUT2D eigenvalue weighted by Crippen LogP contribution is -2.55. The second-order valence-corrected chi connectivity index (χ2v) is 7.60. The first-order valence-corrected chi connectivity index (χ1v) is 9.25. The molecule has 24 heavy (non-hydrogen) atoms. The van der Waals surface area contributed by atoms with Gasteiger partial charge in [0, 0.05) is 24.7 Å². The van der Waals surface area contributed by atoms with Gasteiger partial charge in [0.25, 0.3) is 0 Å². The van der Waals surface area contributed by atoms with Crippen molar-refractivity contribution in [3.8, 4) is 0 Å². The van der Waals surface area contributed by atoms with Crippen molar-refractivity contribution in [2.24, 2.45) is 5.73 Å². The fourth-order valence-electron chi connectivity index (χ4n) is 4.11. The molecule has 134 valence electrons. The van der Waals surface area contributed by atoms with Crippen molar-refractivity contribution in [3.63, 3.8) is 0 Å². The Kier molecular flexibility index (Phi) is 7.25. The molecule has 0 spiro atoms. The largest absolute Gasteiger partial charge is 0.372 e. The molecule has 1 unspecified atom stereocenters. The number of likely N-dealkylation sites (tertiary alicyclic amines) is 2. The molecule has 2 fully saturated rings. The third kappa shape index (κ3) is 5.32. The molecule has 3 rings (SSSR count). The minimum Gasteiger partial charge on any atom is -0.372 e. The van der Waals surface area contributed by atoms with E-state index in [9.17, 15) is 0 Å². The van der Waals surface area contributed by atoms with Crippen LogP contribution in [0.25, 0.3) is 0 Å². The molecule has 1 amide bonds. The Hall–Kier alpha value is -1.39. The molecule has 4 heteroatoms. The number of rotatable bonds is 3. The molecule has 2 aliphatic rings. The number of benzene rings is 1. The Bertz CT molecular complexity index is 483. The van der Waals surface area contributed by atoms with Crippen molar-refractivity contribution in [3.05, 3.63) is 35.9 Å². The molecule has 2 N–H and O–H groups in total. The quantitative estimate of drug-likeness (QED) is 0.866. The summed E-state index contributed by atoms with van der Waals surface area (Å²) in [5, 5.41) is 0. The Morgan fingerprint density at radius 1 is 1.12 bits per heavy atom. The SMILES string of the molecule is CC1(C)CC(N2CCCCC2)CCN1Cc1ccccc1.NC=O. The molecule has 0 bridgehead atoms. The summed E-state index contributed by atoms with van der Waals surface area (Å²) in [6, 6.07) is 11.7. The number of piperidine rings is 2. The van der Waals surface area contributed by atoms with Crippen LogP contribution in [0.15, 0.2) is 30.3 Å². The van der Waals surface area contributed by atoms with Gasteiger partial charge in [-0.15, -0.1) is 0 Å². The lowest BCUT2D eigenvalue weighted by atomic mass is 9.85. The summed E-state index contributed by atoms with van der Waals surface area (Å²) >= 11 is 0. The number of nitrogens with two attached hydrogens (primary N) is 1. The number of nitrogens with zero attached hydrogens (tertiary/aromatic N) is 2. The van der Waals surface area contributed by atoms with E-state index in [1.807, 2.05) is 0 Å². The standard InChI is InChI=1S/C19H30N2.CH3NO/c1-19(2)15-18(20-12-7-4-8-13-20)11-14-21(19)16-17-9-5-3-6-10-17;2-1-3/h3,5-6,9-10,18H,4,7-8,11-16H2,1-2H3;1H,(H2,2,3). The minimum atomic E-state index is 0.250. The molecule has 0 aliphatic carbocycles. The molecule has 0 aromatic heterocycles. The summed E-state index contributed by atoms with van der Waals surface area (Å²) in [4.78, 5) is 14.0. The minimum absolute atomic E-state index is 0.250. The number of amides is 1. The monoisotopic (exact) mass is 331 g/mol. The van der Waals surface area contributed by atoms with Crippen LogP contribution in [0, 0.1) is 0 Å². The van der Waals surface area contributed by atoms with E-state index in [0.717, 1.165) is 12.6 Å². The molecular formula is C20H33N3O. The second-order valence-electron chi connectivity index (χ2n) is 7.60. The number of carbonyl (C=O) groups excluding carboxylic acids is 1. The predicted molar refractivity (Wildman–Crippen MR) is 99.6 cm³/mol. The fraction of sp³-hybridized carbons (Fsp3) is 0.650. The molecule has 0 saturated carbocycles. The van der Waals surface area contributed by atoms with Crippen LogP contribution >= 0.6 is 0 Å². The summed E-state index contributed by atoms with van der Waals surface area (Å²) < 4.78 is 0. The van der Waals surface area contributed by atoms with Gasteiger partial charge in [0.15, 0.2) is 0 Å². The van der Waals surface area contributed by atoms with Gasteiger partial charge in [-0.3, -0.25) is 9.69 Å². The van der Waals surface area contributed by atoms with Crippen LogP contribution in [0.4, 0.5) is 0 Å². The van der Waals surface area contributed by atoms with Gasteiger partial charge in [0.05, 0.1) is 0 Å². The number of hydrogen-bond donors (Lipinski definition) is 1. The molecule has 1 atom stereocenters. The Labute approximate surface area is 147 Å². The first kappa shape index (κ1) is 18.9. The van der Waals surface area contributed by atoms with Crippen LogP contribution in [0.3, 0.4) is 0 Å². The Morgan fingerprint density at radius 2 is 1.75 bits per heavy atom. The lowest BCUT2D eigenvalue weighted by Gasteiger charge is -2.49. The van der Waals surface area contributed by atoms with Crippen molar-refractivity contribution in [2.45, 2.75) is 64.1 Å². The Morgan fingerprint density at radius 3 is 2.33 bits per heavy atom. The van der Waals surface area contributed by atoms with Crippen LogP contribution in [-0.2, 0) is 11.3 Å². The highest BCUT2D eigenvalue weighted by molar-refractivity contribution is 5.42. The first-order valence-electron chi connectivity index (χ1n) is 9.25. The van der Waals surface area contributed by atoms with E-state index in [2.05, 4.69) is 59.7 Å². The maximum absolute atomic E-state index is 8.58. The predicted octanol–water partition coefficient (Wildman–Crippen LogP) is 3.02. The maximum atomic E-state index is 8.58. The van der Waals surface area contributed by atoms with Crippen LogP contribution < -0.4 is 5.73 Å². The van der Waals surface area contributed by atoms with Gasteiger partial charge in [0.2, 0.25) is 6.41 Å². The van der Waals surface area contributed by atoms with E-state index in [-0.39, 0.29) is 6.41 Å². The van der Waals surface area contributed by atoms with Gasteiger partial charge in [0.1, 0.15) is 0 Å². The molecule has 0 radical (unpaired) electrons. The molecule has 2 heterocycles. The third-order valence-electron chi connectivity index (χ3n) is 5.45. The fourth-order valence-corrected chi connectivity index (χ4v) is 4.11. The Balaban J connectivity index is 0.000000647. The summed E-state index contributed by atoms with van der Waals surface area (Å²) in [6.45, 7) is 9.88. The van der Waals surface area contributed by atoms with Crippen LogP contribution in [-0.4, -0.2) is 47.4 Å². The van der Waals surface area contributed by atoms with Crippen molar-refractivity contribution in [1.82, 2.24) is 9.80 Å². The molecule has 2 saturated heterocycles. The van der Waals surface area contributed by atoms with E-state index in [1.165, 1.54) is 57.3 Å². The van der Waals surface area contributed by atoms with Gasteiger partial charge in [-0.2, -0.15) is 0 Å². The molecule has 2 aliphatic heterocycles.